The van der Waals surface area contributed by atoms with E-state index < -0.39 is 6.04 Å². The Hall–Kier alpha value is -3.98. The van der Waals surface area contributed by atoms with Gasteiger partial charge in [-0.1, -0.05) is 0 Å². The Kier molecular flexibility index (Phi) is 3.99. The number of nitrogens with zero attached hydrogens (tertiary/aromatic N) is 4. The molecule has 7 N–H and O–H groups in total. The summed E-state index contributed by atoms with van der Waals surface area (Å²) in [5.74, 6) is 0.641. The summed E-state index contributed by atoms with van der Waals surface area (Å²) in [5.41, 5.74) is 15.2. The average molecular weight is 348 g/mol. The number of guanidine groups is 1. The molecule has 0 spiro atoms. The number of phenols is 1. The fourth-order valence-electron chi connectivity index (χ4n) is 3.17. The van der Waals surface area contributed by atoms with Crippen molar-refractivity contribution in [3.05, 3.63) is 39.9 Å². The van der Waals surface area contributed by atoms with E-state index in [2.05, 4.69) is 20.6 Å². The summed E-state index contributed by atoms with van der Waals surface area (Å²) in [6, 6.07) is 4.57. The molecule has 1 aromatic carbocycles. The number of benzene rings is 1. The maximum Gasteiger partial charge on any atom is 0.211 e. The molecule has 0 amide bonds. The highest BCUT2D eigenvalue weighted by Gasteiger charge is 2.31. The van der Waals surface area contributed by atoms with Gasteiger partial charge in [-0.15, -0.1) is 0 Å². The third kappa shape index (κ3) is 2.58. The zero-order chi connectivity index (χ0) is 19.0. The Balaban J connectivity index is 2.33. The van der Waals surface area contributed by atoms with Crippen molar-refractivity contribution in [2.45, 2.75) is 19.9 Å². The lowest BCUT2D eigenvalue weighted by molar-refractivity contribution is 0.474. The van der Waals surface area contributed by atoms with Crippen LogP contribution >= 0.6 is 0 Å². The van der Waals surface area contributed by atoms with E-state index in [1.165, 1.54) is 0 Å². The molecule has 1 aliphatic heterocycles. The number of nitrogen functional groups attached to an aromatic ring is 2. The fourth-order valence-corrected chi connectivity index (χ4v) is 3.17. The van der Waals surface area contributed by atoms with Gasteiger partial charge in [-0.05, 0) is 42.7 Å². The van der Waals surface area contributed by atoms with Gasteiger partial charge in [0, 0.05) is 5.56 Å². The van der Waals surface area contributed by atoms with E-state index in [0.29, 0.717) is 11.4 Å². The van der Waals surface area contributed by atoms with Crippen molar-refractivity contribution in [1.29, 1.82) is 10.5 Å². The molecule has 0 fully saturated rings. The van der Waals surface area contributed by atoms with E-state index in [1.807, 2.05) is 19.9 Å². The van der Waals surface area contributed by atoms with Gasteiger partial charge in [-0.25, -0.2) is 9.98 Å². The van der Waals surface area contributed by atoms with Crippen molar-refractivity contribution in [3.63, 3.8) is 0 Å². The number of hydrogen-bond acceptors (Lipinski definition) is 9. The number of aliphatic imine (C=N–C) groups is 1. The van der Waals surface area contributed by atoms with Crippen LogP contribution in [-0.4, -0.2) is 16.1 Å². The van der Waals surface area contributed by atoms with Gasteiger partial charge in [-0.3, -0.25) is 5.32 Å². The minimum atomic E-state index is -0.622. The lowest BCUT2D eigenvalue weighted by Gasteiger charge is -2.28. The first-order valence-corrected chi connectivity index (χ1v) is 7.66. The third-order valence-corrected chi connectivity index (χ3v) is 4.21. The molecule has 3 rings (SSSR count). The highest BCUT2D eigenvalue weighted by atomic mass is 16.3. The van der Waals surface area contributed by atoms with Gasteiger partial charge in [0.05, 0.1) is 5.69 Å². The second-order valence-corrected chi connectivity index (χ2v) is 5.90. The number of anilines is 3. The minimum Gasteiger partial charge on any atom is -0.508 e. The predicted molar refractivity (Wildman–Crippen MR) is 97.0 cm³/mol. The lowest BCUT2D eigenvalue weighted by Crippen LogP contribution is -2.33. The molecular formula is C17H16N8O. The third-order valence-electron chi connectivity index (χ3n) is 4.21. The Morgan fingerprint density at radius 1 is 1.19 bits per heavy atom. The van der Waals surface area contributed by atoms with E-state index in [-0.39, 0.29) is 28.8 Å². The maximum atomic E-state index is 9.82. The highest BCUT2D eigenvalue weighted by molar-refractivity contribution is 5.98. The number of hydrogen-bond donors (Lipinski definition) is 5. The first-order valence-electron chi connectivity index (χ1n) is 7.66. The van der Waals surface area contributed by atoms with Gasteiger partial charge in [0.15, 0.2) is 6.19 Å². The second kappa shape index (κ2) is 6.15. The van der Waals surface area contributed by atoms with Crippen LogP contribution in [0.4, 0.5) is 17.3 Å². The summed E-state index contributed by atoms with van der Waals surface area (Å²) in [6.07, 6.45) is 1.80. The van der Waals surface area contributed by atoms with Gasteiger partial charge in [0.2, 0.25) is 5.96 Å². The molecule has 1 aliphatic rings. The standard InChI is InChI=1S/C17H16N8O/c1-7-3-9(26)4-8(2)11(7)14-12-13(20)10(5-18)15(21)24-16(12)25-17(23-14)22-6-19/h3-4,14,26H,1-2H3,(H6,20,21,22,23,24,25). The van der Waals surface area contributed by atoms with Crippen molar-refractivity contribution in [1.82, 2.24) is 10.3 Å². The Morgan fingerprint density at radius 2 is 1.85 bits per heavy atom. The zero-order valence-electron chi connectivity index (χ0n) is 14.1. The fraction of sp³-hybridized carbons (Fsp3) is 0.176. The molecule has 0 aliphatic carbocycles. The van der Waals surface area contributed by atoms with Crippen LogP contribution in [0.5, 0.6) is 5.75 Å². The van der Waals surface area contributed by atoms with Crippen LogP contribution in [0.3, 0.4) is 0 Å². The van der Waals surface area contributed by atoms with Gasteiger partial charge >= 0.3 is 0 Å². The van der Waals surface area contributed by atoms with Crippen LogP contribution in [0.25, 0.3) is 0 Å². The summed E-state index contributed by atoms with van der Waals surface area (Å²) < 4.78 is 0. The molecule has 1 atom stereocenters. The van der Waals surface area contributed by atoms with Crippen LogP contribution in [0.15, 0.2) is 17.1 Å². The molecule has 0 saturated heterocycles. The van der Waals surface area contributed by atoms with Crippen molar-refractivity contribution in [3.8, 4) is 18.0 Å². The van der Waals surface area contributed by atoms with Crippen LogP contribution in [-0.2, 0) is 0 Å². The normalized spacial score (nSPS) is 15.1. The van der Waals surface area contributed by atoms with Crippen LogP contribution in [0.2, 0.25) is 0 Å². The number of phenolic OH excluding ortho intramolecular Hbond substituents is 1. The topological polar surface area (TPSA) is 169 Å². The number of aryl methyl sites for hydroxylation is 2. The molecule has 0 bridgehead atoms. The van der Waals surface area contributed by atoms with Crippen LogP contribution < -0.4 is 22.1 Å². The Bertz CT molecular complexity index is 1010. The van der Waals surface area contributed by atoms with Crippen LogP contribution in [0, 0.1) is 36.6 Å². The van der Waals surface area contributed by atoms with E-state index in [1.54, 1.807) is 18.3 Å². The average Bonchev–Trinajstić information content (AvgIpc) is 2.54. The van der Waals surface area contributed by atoms with Crippen molar-refractivity contribution in [2.24, 2.45) is 4.99 Å². The largest absolute Gasteiger partial charge is 0.508 e. The molecule has 2 aromatic rings. The minimum absolute atomic E-state index is 0.00708. The summed E-state index contributed by atoms with van der Waals surface area (Å²) >= 11 is 0. The molecule has 1 aromatic heterocycles. The number of aromatic nitrogens is 1. The Labute approximate surface area is 149 Å². The molecular weight excluding hydrogens is 332 g/mol. The smallest absolute Gasteiger partial charge is 0.211 e. The molecule has 1 unspecified atom stereocenters. The Morgan fingerprint density at radius 3 is 2.42 bits per heavy atom. The number of nitriles is 2. The molecule has 26 heavy (non-hydrogen) atoms. The van der Waals surface area contributed by atoms with Crippen molar-refractivity contribution >= 4 is 23.3 Å². The van der Waals surface area contributed by atoms with Gasteiger partial charge in [0.1, 0.15) is 35.1 Å². The molecule has 9 nitrogen and oxygen atoms in total. The van der Waals surface area contributed by atoms with E-state index >= 15 is 0 Å². The summed E-state index contributed by atoms with van der Waals surface area (Å²) in [4.78, 5) is 8.74. The number of pyridine rings is 1. The van der Waals surface area contributed by atoms with Crippen molar-refractivity contribution in [2.75, 3.05) is 16.8 Å². The van der Waals surface area contributed by atoms with Crippen LogP contribution in [0.1, 0.15) is 33.9 Å². The van der Waals surface area contributed by atoms with E-state index in [0.717, 1.165) is 16.7 Å². The number of rotatable bonds is 1. The highest BCUT2D eigenvalue weighted by Crippen LogP contribution is 2.42. The SMILES string of the molecule is Cc1cc(O)cc(C)c1C1N=C(NC#N)Nc2nc(N)c(C#N)c(N)c21. The van der Waals surface area contributed by atoms with Crippen molar-refractivity contribution < 1.29 is 5.11 Å². The molecule has 9 heteroatoms. The number of nitrogens with two attached hydrogens (primary N) is 2. The summed E-state index contributed by atoms with van der Waals surface area (Å²) in [6.45, 7) is 3.67. The molecule has 2 heterocycles. The van der Waals surface area contributed by atoms with Gasteiger partial charge < -0.3 is 21.9 Å². The summed E-state index contributed by atoms with van der Waals surface area (Å²) in [5, 5.41) is 33.4. The zero-order valence-corrected chi connectivity index (χ0v) is 14.1. The first kappa shape index (κ1) is 16.9. The number of aromatic hydroxyl groups is 1. The number of nitrogens with one attached hydrogen (secondary N) is 2. The molecule has 0 saturated carbocycles. The van der Waals surface area contributed by atoms with Gasteiger partial charge in [0.25, 0.3) is 0 Å². The lowest BCUT2D eigenvalue weighted by atomic mass is 9.89. The molecule has 0 radical (unpaired) electrons. The predicted octanol–water partition coefficient (Wildman–Crippen LogP) is 1.38. The second-order valence-electron chi connectivity index (χ2n) is 5.90. The summed E-state index contributed by atoms with van der Waals surface area (Å²) in [7, 11) is 0. The molecule has 130 valence electrons. The monoisotopic (exact) mass is 348 g/mol. The first-order chi connectivity index (χ1) is 12.4. The van der Waals surface area contributed by atoms with E-state index in [9.17, 15) is 10.4 Å². The quantitative estimate of drug-likeness (QED) is 0.380. The van der Waals surface area contributed by atoms with E-state index in [4.69, 9.17) is 16.7 Å². The number of fused-ring (bicyclic) bond motifs is 1. The van der Waals surface area contributed by atoms with Gasteiger partial charge in [-0.2, -0.15) is 10.5 Å². The maximum absolute atomic E-state index is 9.82.